The molecule has 2 saturated heterocycles. The fraction of sp³-hybridized carbons (Fsp3) is 0.542. The van der Waals surface area contributed by atoms with E-state index < -0.39 is 36.0 Å². The minimum absolute atomic E-state index is 0.114. The summed E-state index contributed by atoms with van der Waals surface area (Å²) in [5, 5.41) is 0. The summed E-state index contributed by atoms with van der Waals surface area (Å²) in [6.45, 7) is 8.99. The van der Waals surface area contributed by atoms with Gasteiger partial charge in [-0.25, -0.2) is 4.79 Å². The van der Waals surface area contributed by atoms with Crippen molar-refractivity contribution in [2.75, 3.05) is 20.3 Å². The predicted octanol–water partition coefficient (Wildman–Crippen LogP) is 2.16. The maximum Gasteiger partial charge on any atom is 0.352 e. The number of rotatable bonds is 10. The Hall–Kier alpha value is -2.75. The lowest BCUT2D eigenvalue weighted by Gasteiger charge is -2.49. The Balaban J connectivity index is 1.73. The molecular weight excluding hydrogens is 430 g/mol. The molecule has 0 spiro atoms. The lowest BCUT2D eigenvalue weighted by Crippen LogP contribution is -2.71. The monoisotopic (exact) mass is 461 g/mol. The van der Waals surface area contributed by atoms with Crippen LogP contribution in [-0.4, -0.2) is 73.1 Å². The summed E-state index contributed by atoms with van der Waals surface area (Å²) >= 11 is 0. The molecule has 1 aromatic rings. The van der Waals surface area contributed by atoms with Crippen LogP contribution in [0.3, 0.4) is 0 Å². The molecule has 9 heteroatoms. The van der Waals surface area contributed by atoms with Crippen molar-refractivity contribution in [3.63, 3.8) is 0 Å². The van der Waals surface area contributed by atoms with Crippen molar-refractivity contribution in [3.05, 3.63) is 48.6 Å². The summed E-state index contributed by atoms with van der Waals surface area (Å²) in [6.07, 6.45) is -1.04. The highest BCUT2D eigenvalue weighted by molar-refractivity contribution is 5.89. The van der Waals surface area contributed by atoms with Gasteiger partial charge in [-0.05, 0) is 13.8 Å². The molecule has 3 rings (SSSR count). The summed E-state index contributed by atoms with van der Waals surface area (Å²) < 4.78 is 27.9. The third kappa shape index (κ3) is 5.79. The van der Waals surface area contributed by atoms with Crippen molar-refractivity contribution in [2.24, 2.45) is 0 Å². The van der Waals surface area contributed by atoms with Gasteiger partial charge in [-0.15, -0.1) is 6.58 Å². The number of amides is 1. The minimum Gasteiger partial charge on any atom is -0.457 e. The Kier molecular flexibility index (Phi) is 7.88. The summed E-state index contributed by atoms with van der Waals surface area (Å²) in [6, 6.07) is 8.23. The summed E-state index contributed by atoms with van der Waals surface area (Å²) in [7, 11) is 1.47. The fourth-order valence-corrected chi connectivity index (χ4v) is 4.11. The SMILES string of the molecule is C=CC[C@H](CN1C(=O)[C@H](OC)[C@@H]1[C@H]1COC(C)(C)O1)OC(=O)[C@@H](OC(C)=O)c1ccccc1. The zero-order valence-corrected chi connectivity index (χ0v) is 19.4. The molecule has 180 valence electrons. The van der Waals surface area contributed by atoms with Gasteiger partial charge in [0.05, 0.1) is 19.2 Å². The van der Waals surface area contributed by atoms with Crippen LogP contribution in [0.2, 0.25) is 0 Å². The lowest BCUT2D eigenvalue weighted by molar-refractivity contribution is -0.198. The van der Waals surface area contributed by atoms with E-state index in [-0.39, 0.29) is 24.6 Å². The van der Waals surface area contributed by atoms with Gasteiger partial charge < -0.3 is 28.6 Å². The van der Waals surface area contributed by atoms with Crippen molar-refractivity contribution in [2.45, 2.75) is 63.4 Å². The van der Waals surface area contributed by atoms with Gasteiger partial charge >= 0.3 is 11.9 Å². The first kappa shape index (κ1) is 24.9. The predicted molar refractivity (Wildman–Crippen MR) is 117 cm³/mol. The smallest absolute Gasteiger partial charge is 0.352 e. The van der Waals surface area contributed by atoms with Crippen LogP contribution in [0.25, 0.3) is 0 Å². The van der Waals surface area contributed by atoms with Crippen LogP contribution in [0.5, 0.6) is 0 Å². The molecular formula is C24H31NO8. The Morgan fingerprint density at radius 3 is 2.52 bits per heavy atom. The molecule has 9 nitrogen and oxygen atoms in total. The molecule has 2 heterocycles. The van der Waals surface area contributed by atoms with E-state index in [0.29, 0.717) is 18.6 Å². The van der Waals surface area contributed by atoms with Gasteiger partial charge in [0, 0.05) is 26.0 Å². The minimum atomic E-state index is -1.21. The first-order chi connectivity index (χ1) is 15.7. The van der Waals surface area contributed by atoms with E-state index in [0.717, 1.165) is 0 Å². The summed E-state index contributed by atoms with van der Waals surface area (Å²) in [5.74, 6) is -2.31. The second-order valence-electron chi connectivity index (χ2n) is 8.49. The number of esters is 2. The normalized spacial score (nSPS) is 25.6. The third-order valence-electron chi connectivity index (χ3n) is 5.57. The number of methoxy groups -OCH3 is 1. The first-order valence-corrected chi connectivity index (χ1v) is 10.9. The number of carbonyl (C=O) groups is 3. The van der Waals surface area contributed by atoms with Crippen molar-refractivity contribution in [1.82, 2.24) is 4.90 Å². The quantitative estimate of drug-likeness (QED) is 0.297. The van der Waals surface area contributed by atoms with E-state index in [1.807, 2.05) is 0 Å². The zero-order valence-electron chi connectivity index (χ0n) is 19.4. The topological polar surface area (TPSA) is 101 Å². The Labute approximate surface area is 193 Å². The highest BCUT2D eigenvalue weighted by Crippen LogP contribution is 2.34. The Morgan fingerprint density at radius 2 is 1.97 bits per heavy atom. The average molecular weight is 462 g/mol. The molecule has 0 saturated carbocycles. The van der Waals surface area contributed by atoms with Crippen molar-refractivity contribution in [3.8, 4) is 0 Å². The van der Waals surface area contributed by atoms with Gasteiger partial charge in [0.15, 0.2) is 11.9 Å². The molecule has 5 atom stereocenters. The van der Waals surface area contributed by atoms with Crippen LogP contribution >= 0.6 is 0 Å². The third-order valence-corrected chi connectivity index (χ3v) is 5.57. The number of nitrogens with zero attached hydrogens (tertiary/aromatic N) is 1. The van der Waals surface area contributed by atoms with Crippen LogP contribution < -0.4 is 0 Å². The molecule has 2 aliphatic rings. The van der Waals surface area contributed by atoms with Crippen LogP contribution in [0.1, 0.15) is 38.9 Å². The molecule has 33 heavy (non-hydrogen) atoms. The number of carbonyl (C=O) groups excluding carboxylic acids is 3. The molecule has 0 N–H and O–H groups in total. The van der Waals surface area contributed by atoms with Crippen molar-refractivity contribution >= 4 is 17.8 Å². The molecule has 0 aromatic heterocycles. The highest BCUT2D eigenvalue weighted by atomic mass is 16.7. The van der Waals surface area contributed by atoms with E-state index >= 15 is 0 Å². The van der Waals surface area contributed by atoms with Crippen LogP contribution in [-0.2, 0) is 38.1 Å². The van der Waals surface area contributed by atoms with E-state index in [1.54, 1.807) is 55.2 Å². The van der Waals surface area contributed by atoms with Gasteiger partial charge in [0.1, 0.15) is 12.2 Å². The Morgan fingerprint density at radius 1 is 1.27 bits per heavy atom. The molecule has 0 aliphatic carbocycles. The maximum atomic E-state index is 13.0. The molecule has 0 unspecified atom stereocenters. The number of benzene rings is 1. The largest absolute Gasteiger partial charge is 0.457 e. The first-order valence-electron chi connectivity index (χ1n) is 10.9. The van der Waals surface area contributed by atoms with Crippen LogP contribution in [0.15, 0.2) is 43.0 Å². The van der Waals surface area contributed by atoms with Gasteiger partial charge in [-0.2, -0.15) is 0 Å². The molecule has 2 aliphatic heterocycles. The van der Waals surface area contributed by atoms with Gasteiger partial charge in [0.25, 0.3) is 5.91 Å². The highest BCUT2D eigenvalue weighted by Gasteiger charge is 2.55. The number of ether oxygens (including phenoxy) is 5. The second kappa shape index (κ2) is 10.5. The van der Waals surface area contributed by atoms with E-state index in [4.69, 9.17) is 23.7 Å². The van der Waals surface area contributed by atoms with E-state index in [2.05, 4.69) is 6.58 Å². The van der Waals surface area contributed by atoms with Crippen LogP contribution in [0, 0.1) is 0 Å². The average Bonchev–Trinajstić information content (AvgIpc) is 3.12. The number of hydrogen-bond acceptors (Lipinski definition) is 8. The zero-order chi connectivity index (χ0) is 24.2. The van der Waals surface area contributed by atoms with E-state index in [1.165, 1.54) is 14.0 Å². The summed E-state index contributed by atoms with van der Waals surface area (Å²) in [4.78, 5) is 38.9. The fourth-order valence-electron chi connectivity index (χ4n) is 4.11. The Bertz CT molecular complexity index is 870. The van der Waals surface area contributed by atoms with Gasteiger partial charge in [-0.1, -0.05) is 36.4 Å². The molecule has 2 fully saturated rings. The van der Waals surface area contributed by atoms with Gasteiger partial charge in [0.2, 0.25) is 6.10 Å². The number of β-lactam (4-membered cyclic amide) rings is 1. The lowest BCUT2D eigenvalue weighted by atomic mass is 9.91. The number of hydrogen-bond donors (Lipinski definition) is 0. The standard InChI is InChI=1S/C24H31NO8/c1-6-10-17(32-23(28)20(31-15(2)26)16-11-8-7-9-12-16)13-25-19(21(29-5)22(25)27)18-14-30-24(3,4)33-18/h6-9,11-12,17-21H,1,10,13-14H2,2-5H3/t17-,18-,19+,20+,21-/m1/s1. The second-order valence-corrected chi connectivity index (χ2v) is 8.49. The molecule has 0 radical (unpaired) electrons. The van der Waals surface area contributed by atoms with Crippen LogP contribution in [0.4, 0.5) is 0 Å². The number of likely N-dealkylation sites (tertiary alicyclic amines) is 1. The maximum absolute atomic E-state index is 13.0. The van der Waals surface area contributed by atoms with E-state index in [9.17, 15) is 14.4 Å². The summed E-state index contributed by atoms with van der Waals surface area (Å²) in [5.41, 5.74) is 0.492. The molecule has 1 aromatic carbocycles. The van der Waals surface area contributed by atoms with Gasteiger partial charge in [-0.3, -0.25) is 9.59 Å². The van der Waals surface area contributed by atoms with Crippen molar-refractivity contribution in [1.29, 1.82) is 0 Å². The molecule has 0 bridgehead atoms. The van der Waals surface area contributed by atoms with Crippen molar-refractivity contribution < 1.29 is 38.1 Å². The molecule has 1 amide bonds.